The number of ether oxygens (including phenoxy) is 1. The Kier molecular flexibility index (Phi) is 4.04. The lowest BCUT2D eigenvalue weighted by atomic mass is 10.3. The summed E-state index contributed by atoms with van der Waals surface area (Å²) >= 11 is 0. The lowest BCUT2D eigenvalue weighted by Crippen LogP contribution is -2.23. The van der Waals surface area contributed by atoms with E-state index in [2.05, 4.69) is 20.4 Å². The molecule has 0 bridgehead atoms. The molecule has 8 heteroatoms. The summed E-state index contributed by atoms with van der Waals surface area (Å²) in [5.74, 6) is -0.451. The van der Waals surface area contributed by atoms with Crippen LogP contribution in [0, 0.1) is 0 Å². The van der Waals surface area contributed by atoms with Gasteiger partial charge in [0.1, 0.15) is 5.69 Å². The van der Waals surface area contributed by atoms with Crippen molar-refractivity contribution in [2.75, 3.05) is 11.9 Å². The highest BCUT2D eigenvalue weighted by molar-refractivity contribution is 6.02. The van der Waals surface area contributed by atoms with Crippen molar-refractivity contribution in [2.45, 2.75) is 6.92 Å². The number of carbonyl (C=O) groups is 1. The molecule has 1 N–H and O–H groups in total. The monoisotopic (exact) mass is 275 g/mol. The molecule has 2 rings (SSSR count). The Morgan fingerprint density at radius 1 is 1.35 bits per heavy atom. The second-order valence-electron chi connectivity index (χ2n) is 3.82. The minimum atomic E-state index is -0.451. The zero-order chi connectivity index (χ0) is 14.5. The van der Waals surface area contributed by atoms with Gasteiger partial charge in [0.25, 0.3) is 11.5 Å². The van der Waals surface area contributed by atoms with Gasteiger partial charge in [0.2, 0.25) is 0 Å². The molecule has 1 amide bonds. The van der Waals surface area contributed by atoms with E-state index in [1.54, 1.807) is 0 Å². The zero-order valence-electron chi connectivity index (χ0n) is 11.0. The number of nitrogens with one attached hydrogen (secondary N) is 1. The van der Waals surface area contributed by atoms with E-state index in [0.717, 1.165) is 4.68 Å². The molecule has 0 atom stereocenters. The normalized spacial score (nSPS) is 10.1. The highest BCUT2D eigenvalue weighted by atomic mass is 16.5. The van der Waals surface area contributed by atoms with E-state index in [9.17, 15) is 9.59 Å². The van der Waals surface area contributed by atoms with Crippen molar-refractivity contribution >= 4 is 11.6 Å². The summed E-state index contributed by atoms with van der Waals surface area (Å²) in [7, 11) is 1.47. The van der Waals surface area contributed by atoms with E-state index in [0.29, 0.717) is 12.3 Å². The molecule has 0 aliphatic carbocycles. The molecule has 0 radical (unpaired) electrons. The summed E-state index contributed by atoms with van der Waals surface area (Å²) < 4.78 is 6.18. The Morgan fingerprint density at radius 2 is 2.05 bits per heavy atom. The summed E-state index contributed by atoms with van der Waals surface area (Å²) in [4.78, 5) is 30.9. The minimum absolute atomic E-state index is 0.126. The molecule has 0 aromatic carbocycles. The van der Waals surface area contributed by atoms with Crippen molar-refractivity contribution < 1.29 is 9.53 Å². The van der Waals surface area contributed by atoms with Gasteiger partial charge >= 0.3 is 6.01 Å². The van der Waals surface area contributed by atoms with Crippen molar-refractivity contribution in [1.29, 1.82) is 0 Å². The first-order chi connectivity index (χ1) is 9.60. The Morgan fingerprint density at radius 3 is 2.65 bits per heavy atom. The number of carbonyl (C=O) groups excluding carboxylic acids is 1. The number of aromatic nitrogens is 4. The summed E-state index contributed by atoms with van der Waals surface area (Å²) in [5, 5.41) is 6.42. The van der Waals surface area contributed by atoms with Gasteiger partial charge in [-0.1, -0.05) is 0 Å². The molecular formula is C12H13N5O3. The lowest BCUT2D eigenvalue weighted by Gasteiger charge is -2.05. The lowest BCUT2D eigenvalue weighted by molar-refractivity contribution is 0.102. The Bertz CT molecular complexity index is 666. The number of amides is 1. The second-order valence-corrected chi connectivity index (χ2v) is 3.82. The van der Waals surface area contributed by atoms with Crippen LogP contribution >= 0.6 is 0 Å². The molecule has 0 saturated carbocycles. The molecule has 2 heterocycles. The van der Waals surface area contributed by atoms with Crippen LogP contribution in [0.15, 0.2) is 29.3 Å². The van der Waals surface area contributed by atoms with E-state index in [1.165, 1.54) is 31.6 Å². The fourth-order valence-corrected chi connectivity index (χ4v) is 1.40. The third-order valence-electron chi connectivity index (χ3n) is 2.35. The van der Waals surface area contributed by atoms with Crippen LogP contribution in [0.4, 0.5) is 5.69 Å². The molecule has 20 heavy (non-hydrogen) atoms. The van der Waals surface area contributed by atoms with Crippen molar-refractivity contribution in [1.82, 2.24) is 19.7 Å². The second kappa shape index (κ2) is 5.91. The molecule has 0 aliphatic heterocycles. The Labute approximate surface area is 114 Å². The predicted octanol–water partition coefficient (Wildman–Crippen LogP) is 0.221. The van der Waals surface area contributed by atoms with E-state index < -0.39 is 5.91 Å². The third-order valence-corrected chi connectivity index (χ3v) is 2.35. The predicted molar refractivity (Wildman–Crippen MR) is 70.6 cm³/mol. The quantitative estimate of drug-likeness (QED) is 0.857. The maximum atomic E-state index is 11.9. The molecule has 0 fully saturated rings. The first-order valence-electron chi connectivity index (χ1n) is 5.90. The van der Waals surface area contributed by atoms with Crippen LogP contribution in [0.25, 0.3) is 0 Å². The average Bonchev–Trinajstić information content (AvgIpc) is 2.44. The standard InChI is InChI=1S/C12H13N5O3/c1-3-20-12-13-6-8(7-14-12)15-11(19)9-4-5-10(18)17(2)16-9/h4-7H,3H2,1-2H3,(H,15,19). The Hall–Kier alpha value is -2.77. The number of rotatable bonds is 4. The number of anilines is 1. The van der Waals surface area contributed by atoms with Gasteiger partial charge in [-0.05, 0) is 13.0 Å². The van der Waals surface area contributed by atoms with Gasteiger partial charge in [0, 0.05) is 13.1 Å². The van der Waals surface area contributed by atoms with Crippen molar-refractivity contribution in [3.8, 4) is 6.01 Å². The number of hydrogen-bond donors (Lipinski definition) is 1. The van der Waals surface area contributed by atoms with Crippen LogP contribution in [0.5, 0.6) is 6.01 Å². The first kappa shape index (κ1) is 13.7. The number of nitrogens with zero attached hydrogens (tertiary/aromatic N) is 4. The van der Waals surface area contributed by atoms with Crippen LogP contribution in [0.2, 0.25) is 0 Å². The number of hydrogen-bond acceptors (Lipinski definition) is 6. The SMILES string of the molecule is CCOc1ncc(NC(=O)c2ccc(=O)n(C)n2)cn1. The van der Waals surface area contributed by atoms with E-state index >= 15 is 0 Å². The van der Waals surface area contributed by atoms with E-state index in [-0.39, 0.29) is 17.3 Å². The third kappa shape index (κ3) is 3.16. The van der Waals surface area contributed by atoms with Crippen LogP contribution in [0.3, 0.4) is 0 Å². The Balaban J connectivity index is 2.10. The van der Waals surface area contributed by atoms with Gasteiger partial charge in [-0.2, -0.15) is 5.10 Å². The highest BCUT2D eigenvalue weighted by Gasteiger charge is 2.09. The van der Waals surface area contributed by atoms with Crippen molar-refractivity contribution in [3.63, 3.8) is 0 Å². The smallest absolute Gasteiger partial charge is 0.316 e. The minimum Gasteiger partial charge on any atom is -0.464 e. The van der Waals surface area contributed by atoms with Gasteiger partial charge in [0.05, 0.1) is 24.7 Å². The topological polar surface area (TPSA) is 99.0 Å². The average molecular weight is 275 g/mol. The molecule has 0 aliphatic rings. The van der Waals surface area contributed by atoms with Gasteiger partial charge in [-0.15, -0.1) is 0 Å². The maximum Gasteiger partial charge on any atom is 0.316 e. The molecular weight excluding hydrogens is 262 g/mol. The fraction of sp³-hybridized carbons (Fsp3) is 0.250. The number of aryl methyl sites for hydroxylation is 1. The highest BCUT2D eigenvalue weighted by Crippen LogP contribution is 2.08. The molecule has 0 saturated heterocycles. The summed E-state index contributed by atoms with van der Waals surface area (Å²) in [5.41, 5.74) is 0.251. The van der Waals surface area contributed by atoms with E-state index in [1.807, 2.05) is 6.92 Å². The maximum absolute atomic E-state index is 11.9. The first-order valence-corrected chi connectivity index (χ1v) is 5.90. The van der Waals surface area contributed by atoms with E-state index in [4.69, 9.17) is 4.74 Å². The van der Waals surface area contributed by atoms with Crippen molar-refractivity contribution in [2.24, 2.45) is 7.05 Å². The fourth-order valence-electron chi connectivity index (χ4n) is 1.40. The molecule has 0 spiro atoms. The summed E-state index contributed by atoms with van der Waals surface area (Å²) in [6.45, 7) is 2.29. The van der Waals surface area contributed by atoms with Crippen LogP contribution in [0.1, 0.15) is 17.4 Å². The van der Waals surface area contributed by atoms with Crippen LogP contribution in [-0.2, 0) is 7.05 Å². The van der Waals surface area contributed by atoms with Crippen molar-refractivity contribution in [3.05, 3.63) is 40.6 Å². The zero-order valence-corrected chi connectivity index (χ0v) is 11.0. The molecule has 104 valence electrons. The molecule has 2 aromatic heterocycles. The summed E-state index contributed by atoms with van der Waals surface area (Å²) in [6.07, 6.45) is 2.86. The van der Waals surface area contributed by atoms with Crippen LogP contribution in [-0.4, -0.2) is 32.3 Å². The molecule has 0 unspecified atom stereocenters. The van der Waals surface area contributed by atoms with Gasteiger partial charge in [-0.25, -0.2) is 14.6 Å². The van der Waals surface area contributed by atoms with Gasteiger partial charge in [-0.3, -0.25) is 9.59 Å². The summed E-state index contributed by atoms with van der Waals surface area (Å²) in [6, 6.07) is 2.87. The van der Waals surface area contributed by atoms with Gasteiger partial charge < -0.3 is 10.1 Å². The van der Waals surface area contributed by atoms with Crippen LogP contribution < -0.4 is 15.6 Å². The largest absolute Gasteiger partial charge is 0.464 e. The molecule has 8 nitrogen and oxygen atoms in total. The van der Waals surface area contributed by atoms with Gasteiger partial charge in [0.15, 0.2) is 0 Å². The molecule has 2 aromatic rings.